The van der Waals surface area contributed by atoms with Crippen molar-refractivity contribution >= 4 is 17.5 Å². The molecule has 1 aliphatic heterocycles. The summed E-state index contributed by atoms with van der Waals surface area (Å²) in [5.41, 5.74) is 4.63. The van der Waals surface area contributed by atoms with Gasteiger partial charge in [-0.3, -0.25) is 4.90 Å². The van der Waals surface area contributed by atoms with E-state index in [0.29, 0.717) is 5.95 Å². The monoisotopic (exact) mass is 342 g/mol. The lowest BCUT2D eigenvalue weighted by Gasteiger charge is -2.26. The van der Waals surface area contributed by atoms with E-state index in [2.05, 4.69) is 63.6 Å². The first kappa shape index (κ1) is 17.6. The largest absolute Gasteiger partial charge is 0.379 e. The third-order valence-corrected chi connectivity index (χ3v) is 4.31. The quantitative estimate of drug-likeness (QED) is 0.834. The van der Waals surface area contributed by atoms with Crippen molar-refractivity contribution in [2.24, 2.45) is 0 Å². The molecular weight excluding hydrogens is 316 g/mol. The molecular formula is C18H26N6O. The molecule has 7 nitrogen and oxygen atoms in total. The van der Waals surface area contributed by atoms with E-state index in [1.807, 2.05) is 0 Å². The molecule has 0 radical (unpaired) electrons. The van der Waals surface area contributed by atoms with Crippen LogP contribution in [0.5, 0.6) is 0 Å². The summed E-state index contributed by atoms with van der Waals surface area (Å²) in [4.78, 5) is 6.89. The van der Waals surface area contributed by atoms with Crippen LogP contribution in [-0.2, 0) is 4.74 Å². The second-order valence-electron chi connectivity index (χ2n) is 6.44. The van der Waals surface area contributed by atoms with Crippen molar-refractivity contribution in [3.05, 3.63) is 35.0 Å². The van der Waals surface area contributed by atoms with Crippen molar-refractivity contribution in [1.29, 1.82) is 0 Å². The molecule has 0 spiro atoms. The number of nitrogens with one attached hydrogen (secondary N) is 2. The second-order valence-corrected chi connectivity index (χ2v) is 6.44. The molecule has 0 aliphatic carbocycles. The van der Waals surface area contributed by atoms with Gasteiger partial charge in [0.05, 0.1) is 19.4 Å². The Balaban J connectivity index is 1.59. The fourth-order valence-electron chi connectivity index (χ4n) is 3.10. The second kappa shape index (κ2) is 8.22. The first-order valence-corrected chi connectivity index (χ1v) is 8.70. The Labute approximate surface area is 148 Å². The molecule has 25 heavy (non-hydrogen) atoms. The Morgan fingerprint density at radius 3 is 2.56 bits per heavy atom. The topological polar surface area (TPSA) is 75.2 Å². The van der Waals surface area contributed by atoms with Gasteiger partial charge < -0.3 is 15.4 Å². The van der Waals surface area contributed by atoms with Crippen LogP contribution in [0.4, 0.5) is 17.5 Å². The molecule has 2 aromatic rings. The van der Waals surface area contributed by atoms with Gasteiger partial charge in [0.2, 0.25) is 5.95 Å². The Morgan fingerprint density at radius 1 is 1.12 bits per heavy atom. The summed E-state index contributed by atoms with van der Waals surface area (Å²) < 4.78 is 5.36. The lowest BCUT2D eigenvalue weighted by molar-refractivity contribution is 0.0398. The van der Waals surface area contributed by atoms with Gasteiger partial charge in [0.15, 0.2) is 5.82 Å². The molecule has 0 atom stereocenters. The third kappa shape index (κ3) is 4.87. The minimum Gasteiger partial charge on any atom is -0.379 e. The number of benzene rings is 1. The number of aromatic nitrogens is 3. The first-order valence-electron chi connectivity index (χ1n) is 8.70. The molecule has 1 aromatic heterocycles. The molecule has 7 heteroatoms. The summed E-state index contributed by atoms with van der Waals surface area (Å²) in [6.45, 7) is 11.7. The Bertz CT molecular complexity index is 691. The van der Waals surface area contributed by atoms with Gasteiger partial charge in [-0.25, -0.2) is 0 Å². The van der Waals surface area contributed by atoms with Crippen molar-refractivity contribution in [2.45, 2.75) is 20.8 Å². The summed E-state index contributed by atoms with van der Waals surface area (Å²) in [6, 6.07) is 4.29. The zero-order chi connectivity index (χ0) is 17.6. The number of nitrogens with zero attached hydrogens (tertiary/aromatic N) is 4. The third-order valence-electron chi connectivity index (χ3n) is 4.31. The number of hydrogen-bond donors (Lipinski definition) is 2. The van der Waals surface area contributed by atoms with Crippen LogP contribution in [-0.4, -0.2) is 59.5 Å². The summed E-state index contributed by atoms with van der Waals surface area (Å²) >= 11 is 0. The standard InChI is InChI=1S/C18H26N6O/c1-13-10-14(2)17(15(3)11-13)22-18-21-16(12-20-23-18)19-4-5-24-6-8-25-9-7-24/h10-12H,4-9H2,1-3H3,(H2,19,21,22,23). The van der Waals surface area contributed by atoms with Gasteiger partial charge >= 0.3 is 0 Å². The zero-order valence-electron chi connectivity index (χ0n) is 15.2. The fourth-order valence-corrected chi connectivity index (χ4v) is 3.10. The molecule has 0 saturated carbocycles. The van der Waals surface area contributed by atoms with E-state index in [0.717, 1.165) is 50.9 Å². The predicted molar refractivity (Wildman–Crippen MR) is 99.5 cm³/mol. The van der Waals surface area contributed by atoms with Gasteiger partial charge in [-0.2, -0.15) is 10.1 Å². The van der Waals surface area contributed by atoms with Gasteiger partial charge in [-0.1, -0.05) is 17.7 Å². The molecule has 0 amide bonds. The summed E-state index contributed by atoms with van der Waals surface area (Å²) in [6.07, 6.45) is 1.65. The van der Waals surface area contributed by atoms with Crippen LogP contribution in [0.25, 0.3) is 0 Å². The van der Waals surface area contributed by atoms with E-state index in [4.69, 9.17) is 4.74 Å². The maximum atomic E-state index is 5.36. The minimum absolute atomic E-state index is 0.506. The number of aryl methyl sites for hydroxylation is 3. The highest BCUT2D eigenvalue weighted by atomic mass is 16.5. The average molecular weight is 342 g/mol. The van der Waals surface area contributed by atoms with Crippen LogP contribution in [0.15, 0.2) is 18.3 Å². The normalized spacial score (nSPS) is 15.2. The van der Waals surface area contributed by atoms with Crippen molar-refractivity contribution in [3.8, 4) is 0 Å². The van der Waals surface area contributed by atoms with Gasteiger partial charge in [0.25, 0.3) is 0 Å². The van der Waals surface area contributed by atoms with Crippen molar-refractivity contribution in [2.75, 3.05) is 50.0 Å². The maximum Gasteiger partial charge on any atom is 0.249 e. The first-order chi connectivity index (χ1) is 12.1. The van der Waals surface area contributed by atoms with Gasteiger partial charge in [0.1, 0.15) is 0 Å². The predicted octanol–water partition coefficient (Wildman–Crippen LogP) is 2.28. The minimum atomic E-state index is 0.506. The Kier molecular flexibility index (Phi) is 5.78. The average Bonchev–Trinajstić information content (AvgIpc) is 2.59. The molecule has 0 unspecified atom stereocenters. The summed E-state index contributed by atoms with van der Waals surface area (Å²) in [5, 5.41) is 14.8. The summed E-state index contributed by atoms with van der Waals surface area (Å²) in [7, 11) is 0. The van der Waals surface area contributed by atoms with Gasteiger partial charge in [-0.15, -0.1) is 5.10 Å². The molecule has 2 heterocycles. The van der Waals surface area contributed by atoms with Crippen LogP contribution in [0, 0.1) is 20.8 Å². The van der Waals surface area contributed by atoms with Gasteiger partial charge in [0, 0.05) is 31.9 Å². The number of hydrogen-bond acceptors (Lipinski definition) is 7. The molecule has 1 aromatic carbocycles. The van der Waals surface area contributed by atoms with Crippen molar-refractivity contribution in [3.63, 3.8) is 0 Å². The van der Waals surface area contributed by atoms with E-state index in [-0.39, 0.29) is 0 Å². The van der Waals surface area contributed by atoms with Crippen LogP contribution in [0.3, 0.4) is 0 Å². The molecule has 0 bridgehead atoms. The molecule has 1 fully saturated rings. The van der Waals surface area contributed by atoms with Crippen LogP contribution < -0.4 is 10.6 Å². The van der Waals surface area contributed by atoms with Crippen molar-refractivity contribution < 1.29 is 4.74 Å². The van der Waals surface area contributed by atoms with E-state index >= 15 is 0 Å². The highest BCUT2D eigenvalue weighted by Crippen LogP contribution is 2.24. The van der Waals surface area contributed by atoms with Crippen molar-refractivity contribution in [1.82, 2.24) is 20.1 Å². The number of ether oxygens (including phenoxy) is 1. The smallest absolute Gasteiger partial charge is 0.249 e. The zero-order valence-corrected chi connectivity index (χ0v) is 15.2. The molecule has 1 saturated heterocycles. The van der Waals surface area contributed by atoms with E-state index in [1.165, 1.54) is 16.7 Å². The van der Waals surface area contributed by atoms with E-state index < -0.39 is 0 Å². The maximum absolute atomic E-state index is 5.36. The Morgan fingerprint density at radius 2 is 1.84 bits per heavy atom. The Hall–Kier alpha value is -2.25. The van der Waals surface area contributed by atoms with E-state index in [1.54, 1.807) is 6.20 Å². The summed E-state index contributed by atoms with van der Waals surface area (Å²) in [5.74, 6) is 1.24. The van der Waals surface area contributed by atoms with Crippen LogP contribution in [0.2, 0.25) is 0 Å². The highest BCUT2D eigenvalue weighted by Gasteiger charge is 2.10. The van der Waals surface area contributed by atoms with Crippen LogP contribution in [0.1, 0.15) is 16.7 Å². The lowest BCUT2D eigenvalue weighted by atomic mass is 10.1. The van der Waals surface area contributed by atoms with Crippen LogP contribution >= 0.6 is 0 Å². The van der Waals surface area contributed by atoms with E-state index in [9.17, 15) is 0 Å². The number of morpholine rings is 1. The number of anilines is 3. The molecule has 134 valence electrons. The SMILES string of the molecule is Cc1cc(C)c(Nc2nncc(NCCN3CCOCC3)n2)c(C)c1. The molecule has 2 N–H and O–H groups in total. The molecule has 3 rings (SSSR count). The van der Waals surface area contributed by atoms with Gasteiger partial charge in [-0.05, 0) is 31.9 Å². The highest BCUT2D eigenvalue weighted by molar-refractivity contribution is 5.64. The number of rotatable bonds is 6. The lowest BCUT2D eigenvalue weighted by Crippen LogP contribution is -2.39. The molecule has 1 aliphatic rings. The fraction of sp³-hybridized carbons (Fsp3) is 0.500.